The summed E-state index contributed by atoms with van der Waals surface area (Å²) < 4.78 is 2.40. The van der Waals surface area contributed by atoms with E-state index in [0.717, 1.165) is 61.1 Å². The topological polar surface area (TPSA) is 75.4 Å². The number of thiophene rings is 1. The smallest absolute Gasteiger partial charge is 0.164 e. The molecule has 3 heterocycles. The maximum atomic E-state index is 5.36. The maximum absolute atomic E-state index is 5.36. The first-order valence-corrected chi connectivity index (χ1v) is 20.4. The van der Waals surface area contributed by atoms with Crippen molar-refractivity contribution in [3.05, 3.63) is 211 Å². The highest BCUT2D eigenvalue weighted by atomic mass is 32.1. The van der Waals surface area contributed by atoms with Crippen molar-refractivity contribution in [2.75, 3.05) is 0 Å². The van der Waals surface area contributed by atoms with E-state index in [0.29, 0.717) is 23.3 Å². The second-order valence-corrected chi connectivity index (χ2v) is 15.5. The summed E-state index contributed by atoms with van der Waals surface area (Å²) in [5.74, 6) is 3.35. The quantitative estimate of drug-likeness (QED) is 0.175. The van der Waals surface area contributed by atoms with Crippen molar-refractivity contribution >= 4 is 54.0 Å². The summed E-state index contributed by atoms with van der Waals surface area (Å²) >= 11 is 1.80. The van der Waals surface area contributed by atoms with Gasteiger partial charge < -0.3 is 5.32 Å². The number of amidine groups is 2. The van der Waals surface area contributed by atoms with Gasteiger partial charge in [-0.25, -0.2) is 24.9 Å². The van der Waals surface area contributed by atoms with Gasteiger partial charge >= 0.3 is 0 Å². The van der Waals surface area contributed by atoms with Gasteiger partial charge in [-0.15, -0.1) is 11.3 Å². The predicted octanol–water partition coefficient (Wildman–Crippen LogP) is 12.6. The molecule has 0 spiro atoms. The van der Waals surface area contributed by atoms with Crippen molar-refractivity contribution in [3.63, 3.8) is 0 Å². The van der Waals surface area contributed by atoms with Gasteiger partial charge in [-0.05, 0) is 39.6 Å². The largest absolute Gasteiger partial charge is 0.344 e. The number of hydrogen-bond acceptors (Lipinski definition) is 7. The average Bonchev–Trinajstić information content (AvgIpc) is 3.70. The number of hydrogen-bond donors (Lipinski definition) is 1. The van der Waals surface area contributed by atoms with Crippen molar-refractivity contribution in [1.82, 2.24) is 20.3 Å². The Labute approximate surface area is 345 Å². The zero-order chi connectivity index (χ0) is 39.1. The van der Waals surface area contributed by atoms with Crippen LogP contribution in [0.5, 0.6) is 0 Å². The van der Waals surface area contributed by atoms with Crippen LogP contribution < -0.4 is 5.32 Å². The van der Waals surface area contributed by atoms with Crippen LogP contribution in [0.3, 0.4) is 0 Å². The molecule has 11 rings (SSSR count). The molecule has 6 nitrogen and oxygen atoms in total. The van der Waals surface area contributed by atoms with E-state index in [-0.39, 0.29) is 6.17 Å². The van der Waals surface area contributed by atoms with Crippen molar-refractivity contribution < 1.29 is 0 Å². The first-order valence-electron chi connectivity index (χ1n) is 19.6. The molecule has 2 aromatic heterocycles. The Balaban J connectivity index is 1.14. The normalized spacial score (nSPS) is 13.9. The van der Waals surface area contributed by atoms with Crippen molar-refractivity contribution in [1.29, 1.82) is 0 Å². The van der Waals surface area contributed by atoms with Crippen LogP contribution in [0.1, 0.15) is 22.9 Å². The zero-order valence-electron chi connectivity index (χ0n) is 31.7. The minimum Gasteiger partial charge on any atom is -0.344 e. The first kappa shape index (κ1) is 34.6. The minimum absolute atomic E-state index is 0.336. The molecule has 1 unspecified atom stereocenters. The molecule has 1 aliphatic rings. The van der Waals surface area contributed by atoms with E-state index in [2.05, 4.69) is 115 Å². The van der Waals surface area contributed by atoms with Crippen LogP contribution in [0, 0.1) is 0 Å². The number of rotatable bonds is 7. The van der Waals surface area contributed by atoms with Gasteiger partial charge in [0.1, 0.15) is 12.0 Å². The van der Waals surface area contributed by atoms with Crippen LogP contribution in [0.15, 0.2) is 204 Å². The maximum Gasteiger partial charge on any atom is 0.164 e. The Morgan fingerprint density at radius 1 is 0.407 bits per heavy atom. The fourth-order valence-electron chi connectivity index (χ4n) is 8.01. The van der Waals surface area contributed by atoms with E-state index in [1.54, 1.807) is 11.3 Å². The molecule has 0 fully saturated rings. The number of nitrogens with zero attached hydrogens (tertiary/aromatic N) is 5. The predicted molar refractivity (Wildman–Crippen MR) is 244 cm³/mol. The Bertz CT molecular complexity index is 3180. The number of aromatic nitrogens is 3. The van der Waals surface area contributed by atoms with Crippen LogP contribution in [0.4, 0.5) is 0 Å². The van der Waals surface area contributed by atoms with Gasteiger partial charge in [0.15, 0.2) is 23.3 Å². The first-order chi connectivity index (χ1) is 29.2. The molecule has 1 atom stereocenters. The molecule has 0 bridgehead atoms. The van der Waals surface area contributed by atoms with E-state index in [1.807, 2.05) is 84.9 Å². The molecule has 0 aliphatic carbocycles. The third kappa shape index (κ3) is 6.34. The molecule has 0 saturated carbocycles. The van der Waals surface area contributed by atoms with Crippen LogP contribution in [0.25, 0.3) is 76.2 Å². The summed E-state index contributed by atoms with van der Waals surface area (Å²) in [6.45, 7) is 0. The Kier molecular flexibility index (Phi) is 8.64. The molecule has 278 valence electrons. The SMILES string of the molecule is c1ccc(C2=NC(c3ccccc3)NC(c3c(-c4ccc(-c5nc(-c6ccccc6)nc(-c6ccccc6)n5)c5ccccc45)ccc4c3sc3ccccc34)=N2)cc1. The van der Waals surface area contributed by atoms with E-state index >= 15 is 0 Å². The summed E-state index contributed by atoms with van der Waals surface area (Å²) in [6, 6.07) is 67.0. The summed E-state index contributed by atoms with van der Waals surface area (Å²) in [5.41, 5.74) is 8.04. The van der Waals surface area contributed by atoms with Gasteiger partial charge in [-0.2, -0.15) is 0 Å². The molecular formula is C52H34N6S. The average molecular weight is 775 g/mol. The molecule has 7 heteroatoms. The van der Waals surface area contributed by atoms with Crippen LogP contribution in [-0.2, 0) is 0 Å². The highest BCUT2D eigenvalue weighted by molar-refractivity contribution is 7.26. The molecule has 1 aliphatic heterocycles. The third-order valence-corrected chi connectivity index (χ3v) is 12.0. The van der Waals surface area contributed by atoms with Gasteiger partial charge in [0, 0.05) is 48.0 Å². The fourth-order valence-corrected chi connectivity index (χ4v) is 9.26. The lowest BCUT2D eigenvalue weighted by Gasteiger charge is -2.25. The minimum atomic E-state index is -0.336. The Morgan fingerprint density at radius 3 is 1.58 bits per heavy atom. The van der Waals surface area contributed by atoms with Crippen molar-refractivity contribution in [2.45, 2.75) is 6.17 Å². The molecular weight excluding hydrogens is 741 g/mol. The lowest BCUT2D eigenvalue weighted by Crippen LogP contribution is -2.34. The second-order valence-electron chi connectivity index (χ2n) is 14.4. The second kappa shape index (κ2) is 14.7. The highest BCUT2D eigenvalue weighted by Crippen LogP contribution is 2.44. The summed E-state index contributed by atoms with van der Waals surface area (Å²) in [7, 11) is 0. The number of nitrogens with one attached hydrogen (secondary N) is 1. The molecule has 8 aromatic carbocycles. The van der Waals surface area contributed by atoms with E-state index in [9.17, 15) is 0 Å². The van der Waals surface area contributed by atoms with Crippen LogP contribution in [-0.4, -0.2) is 26.6 Å². The summed E-state index contributed by atoms with van der Waals surface area (Å²) in [6.07, 6.45) is -0.336. The summed E-state index contributed by atoms with van der Waals surface area (Å²) in [4.78, 5) is 25.7. The highest BCUT2D eigenvalue weighted by Gasteiger charge is 2.27. The van der Waals surface area contributed by atoms with Gasteiger partial charge in [-0.1, -0.05) is 182 Å². The molecule has 0 amide bonds. The van der Waals surface area contributed by atoms with Crippen LogP contribution in [0.2, 0.25) is 0 Å². The van der Waals surface area contributed by atoms with Crippen LogP contribution >= 0.6 is 11.3 Å². The van der Waals surface area contributed by atoms with E-state index < -0.39 is 0 Å². The monoisotopic (exact) mass is 774 g/mol. The molecule has 0 saturated heterocycles. The van der Waals surface area contributed by atoms with E-state index in [4.69, 9.17) is 24.9 Å². The van der Waals surface area contributed by atoms with Crippen molar-refractivity contribution in [3.8, 4) is 45.3 Å². The Hall–Kier alpha value is -7.61. The fraction of sp³-hybridized carbons (Fsp3) is 0.0192. The lowest BCUT2D eigenvalue weighted by atomic mass is 9.90. The van der Waals surface area contributed by atoms with Gasteiger partial charge in [-0.3, -0.25) is 0 Å². The van der Waals surface area contributed by atoms with Gasteiger partial charge in [0.25, 0.3) is 0 Å². The number of aliphatic imine (C=N–C) groups is 2. The molecule has 1 N–H and O–H groups in total. The van der Waals surface area contributed by atoms with Gasteiger partial charge in [0.2, 0.25) is 0 Å². The molecule has 59 heavy (non-hydrogen) atoms. The van der Waals surface area contributed by atoms with E-state index in [1.165, 1.54) is 20.2 Å². The standard InChI is InChI=1S/C52H34N6S/c1-5-17-33(18-6-1)47-53-48(34-19-7-2-8-20-34)56-51(55-47)43-32-29-39(37-25-13-14-26-38(37)43)41-30-31-42-40-27-15-16-28-44(40)59-46(42)45(41)52-57-49(35-21-9-3-10-22-35)54-50(58-52)36-23-11-4-12-24-36/h1-32,49H,(H,54,57,58). The van der Waals surface area contributed by atoms with Crippen molar-refractivity contribution in [2.24, 2.45) is 9.98 Å². The molecule has 10 aromatic rings. The number of fused-ring (bicyclic) bond motifs is 4. The third-order valence-electron chi connectivity index (χ3n) is 10.8. The zero-order valence-corrected chi connectivity index (χ0v) is 32.5. The lowest BCUT2D eigenvalue weighted by molar-refractivity contribution is 0.675. The number of benzene rings is 8. The Morgan fingerprint density at radius 2 is 0.915 bits per heavy atom. The summed E-state index contributed by atoms with van der Waals surface area (Å²) in [5, 5.41) is 8.36. The molecule has 0 radical (unpaired) electrons. The van der Waals surface area contributed by atoms with Gasteiger partial charge in [0.05, 0.1) is 0 Å².